The lowest BCUT2D eigenvalue weighted by Crippen LogP contribution is -2.28. The minimum atomic E-state index is -0.105. The largest absolute Gasteiger partial charge is 0.354 e. The topological polar surface area (TPSA) is 79.8 Å². The van der Waals surface area contributed by atoms with E-state index in [1.807, 2.05) is 45.0 Å². The third kappa shape index (κ3) is 4.80. The van der Waals surface area contributed by atoms with Crippen LogP contribution in [0.4, 0.5) is 5.95 Å². The lowest BCUT2D eigenvalue weighted by molar-refractivity contribution is -0.121. The molecule has 1 atom stereocenters. The summed E-state index contributed by atoms with van der Waals surface area (Å²) < 4.78 is 0. The van der Waals surface area contributed by atoms with Gasteiger partial charge in [0.25, 0.3) is 0 Å². The Morgan fingerprint density at radius 1 is 1.23 bits per heavy atom. The van der Waals surface area contributed by atoms with Crippen molar-refractivity contribution in [3.8, 4) is 0 Å². The number of aromatic nitrogens is 3. The van der Waals surface area contributed by atoms with Crippen LogP contribution in [-0.4, -0.2) is 27.4 Å². The lowest BCUT2D eigenvalue weighted by Gasteiger charge is -2.13. The van der Waals surface area contributed by atoms with Gasteiger partial charge in [-0.15, -0.1) is 0 Å². The number of hydrogen-bond acceptors (Lipinski definition) is 5. The van der Waals surface area contributed by atoms with Crippen LogP contribution in [0.2, 0.25) is 0 Å². The molecule has 6 heteroatoms. The number of aryl methyl sites for hydroxylation is 2. The van der Waals surface area contributed by atoms with Gasteiger partial charge in [-0.3, -0.25) is 9.78 Å². The Bertz CT molecular complexity index is 609. The van der Waals surface area contributed by atoms with E-state index >= 15 is 0 Å². The monoisotopic (exact) mass is 299 g/mol. The van der Waals surface area contributed by atoms with Crippen LogP contribution >= 0.6 is 0 Å². The molecule has 0 aromatic carbocycles. The molecule has 1 amide bonds. The fourth-order valence-corrected chi connectivity index (χ4v) is 2.11. The van der Waals surface area contributed by atoms with Gasteiger partial charge in [-0.1, -0.05) is 6.07 Å². The molecule has 0 aliphatic heterocycles. The first-order chi connectivity index (χ1) is 10.5. The number of amides is 1. The summed E-state index contributed by atoms with van der Waals surface area (Å²) in [6.07, 6.45) is 2.07. The number of nitrogens with zero attached hydrogens (tertiary/aromatic N) is 3. The van der Waals surface area contributed by atoms with Crippen molar-refractivity contribution in [2.75, 3.05) is 11.9 Å². The molecule has 2 aromatic heterocycles. The molecule has 2 heterocycles. The van der Waals surface area contributed by atoms with Gasteiger partial charge >= 0.3 is 0 Å². The van der Waals surface area contributed by atoms with Crippen molar-refractivity contribution in [3.05, 3.63) is 47.5 Å². The smallest absolute Gasteiger partial charge is 0.223 e. The zero-order chi connectivity index (χ0) is 15.9. The summed E-state index contributed by atoms with van der Waals surface area (Å²) in [7, 11) is 0. The molecular weight excluding hydrogens is 278 g/mol. The molecule has 0 saturated carbocycles. The number of anilines is 1. The van der Waals surface area contributed by atoms with Crippen molar-refractivity contribution in [2.45, 2.75) is 33.2 Å². The van der Waals surface area contributed by atoms with Crippen LogP contribution in [-0.2, 0) is 4.79 Å². The zero-order valence-electron chi connectivity index (χ0n) is 13.1. The third-order valence-electron chi connectivity index (χ3n) is 3.13. The maximum atomic E-state index is 11.9. The van der Waals surface area contributed by atoms with Gasteiger partial charge in [0.2, 0.25) is 11.9 Å². The molecule has 0 bridgehead atoms. The summed E-state index contributed by atoms with van der Waals surface area (Å²) in [5.41, 5.74) is 2.66. The average Bonchev–Trinajstić information content (AvgIpc) is 2.47. The van der Waals surface area contributed by atoms with Gasteiger partial charge in [-0.05, 0) is 39.0 Å². The van der Waals surface area contributed by atoms with E-state index in [0.29, 0.717) is 18.9 Å². The van der Waals surface area contributed by atoms with Crippen LogP contribution in [0.1, 0.15) is 36.5 Å². The van der Waals surface area contributed by atoms with E-state index in [2.05, 4.69) is 25.6 Å². The first kappa shape index (κ1) is 15.9. The van der Waals surface area contributed by atoms with Crippen molar-refractivity contribution in [1.29, 1.82) is 0 Å². The van der Waals surface area contributed by atoms with E-state index in [1.165, 1.54) is 0 Å². The Morgan fingerprint density at radius 2 is 1.95 bits per heavy atom. The molecular formula is C16H21N5O. The fourth-order valence-electron chi connectivity index (χ4n) is 2.11. The summed E-state index contributed by atoms with van der Waals surface area (Å²) >= 11 is 0. The van der Waals surface area contributed by atoms with E-state index in [4.69, 9.17) is 0 Å². The van der Waals surface area contributed by atoms with Crippen LogP contribution in [0.5, 0.6) is 0 Å². The van der Waals surface area contributed by atoms with Gasteiger partial charge < -0.3 is 10.6 Å². The number of hydrogen-bond donors (Lipinski definition) is 2. The molecule has 0 radical (unpaired) electrons. The highest BCUT2D eigenvalue weighted by Crippen LogP contribution is 2.08. The quantitative estimate of drug-likeness (QED) is 0.854. The zero-order valence-corrected chi connectivity index (χ0v) is 13.1. The van der Waals surface area contributed by atoms with E-state index in [0.717, 1.165) is 17.1 Å². The van der Waals surface area contributed by atoms with Crippen molar-refractivity contribution in [1.82, 2.24) is 20.3 Å². The number of carbonyl (C=O) groups excluding carboxylic acids is 1. The van der Waals surface area contributed by atoms with Gasteiger partial charge in [0.1, 0.15) is 0 Å². The highest BCUT2D eigenvalue weighted by atomic mass is 16.1. The van der Waals surface area contributed by atoms with Gasteiger partial charge in [0, 0.05) is 30.6 Å². The van der Waals surface area contributed by atoms with Gasteiger partial charge in [0.05, 0.1) is 11.7 Å². The SMILES string of the molecule is Cc1cc(C)nc(NCCC(=O)N[C@H](C)c2ccccn2)n1. The minimum Gasteiger partial charge on any atom is -0.354 e. The molecule has 2 aromatic rings. The Hall–Kier alpha value is -2.50. The normalized spacial score (nSPS) is 11.8. The van der Waals surface area contributed by atoms with E-state index in [1.54, 1.807) is 6.20 Å². The minimum absolute atomic E-state index is 0.0324. The molecule has 0 aliphatic rings. The molecule has 2 rings (SSSR count). The Balaban J connectivity index is 1.78. The Morgan fingerprint density at radius 3 is 2.59 bits per heavy atom. The molecule has 0 aliphatic carbocycles. The predicted molar refractivity (Wildman–Crippen MR) is 85.4 cm³/mol. The van der Waals surface area contributed by atoms with E-state index in [-0.39, 0.29) is 11.9 Å². The van der Waals surface area contributed by atoms with Gasteiger partial charge in [-0.2, -0.15) is 0 Å². The van der Waals surface area contributed by atoms with Crippen LogP contribution in [0.15, 0.2) is 30.5 Å². The van der Waals surface area contributed by atoms with E-state index < -0.39 is 0 Å². The standard InChI is InChI=1S/C16H21N5O/c1-11-10-12(2)20-16(19-11)18-9-7-15(22)21-13(3)14-6-4-5-8-17-14/h4-6,8,10,13H,7,9H2,1-3H3,(H,21,22)(H,18,19,20)/t13-/m1/s1. The number of nitrogens with one attached hydrogen (secondary N) is 2. The molecule has 22 heavy (non-hydrogen) atoms. The highest BCUT2D eigenvalue weighted by molar-refractivity contribution is 5.76. The fraction of sp³-hybridized carbons (Fsp3) is 0.375. The van der Waals surface area contributed by atoms with Crippen molar-refractivity contribution in [2.24, 2.45) is 0 Å². The van der Waals surface area contributed by atoms with Gasteiger partial charge in [0.15, 0.2) is 0 Å². The van der Waals surface area contributed by atoms with Crippen LogP contribution in [0.3, 0.4) is 0 Å². The second-order valence-electron chi connectivity index (χ2n) is 5.19. The second-order valence-corrected chi connectivity index (χ2v) is 5.19. The number of pyridine rings is 1. The van der Waals surface area contributed by atoms with Crippen molar-refractivity contribution < 1.29 is 4.79 Å². The molecule has 0 saturated heterocycles. The molecule has 0 spiro atoms. The van der Waals surface area contributed by atoms with E-state index in [9.17, 15) is 4.79 Å². The van der Waals surface area contributed by atoms with Crippen molar-refractivity contribution >= 4 is 11.9 Å². The van der Waals surface area contributed by atoms with Gasteiger partial charge in [-0.25, -0.2) is 9.97 Å². The average molecular weight is 299 g/mol. The molecule has 0 fully saturated rings. The number of rotatable bonds is 6. The Kier molecular flexibility index (Phi) is 5.41. The van der Waals surface area contributed by atoms with Crippen LogP contribution in [0.25, 0.3) is 0 Å². The molecule has 0 unspecified atom stereocenters. The Labute approximate surface area is 130 Å². The summed E-state index contributed by atoms with van der Waals surface area (Å²) in [5, 5.41) is 5.99. The summed E-state index contributed by atoms with van der Waals surface area (Å²) in [6, 6.07) is 7.46. The molecule has 116 valence electrons. The maximum absolute atomic E-state index is 11.9. The molecule has 2 N–H and O–H groups in total. The predicted octanol–water partition coefficient (Wildman–Crippen LogP) is 2.17. The highest BCUT2D eigenvalue weighted by Gasteiger charge is 2.10. The summed E-state index contributed by atoms with van der Waals surface area (Å²) in [5.74, 6) is 0.526. The third-order valence-corrected chi connectivity index (χ3v) is 3.13. The first-order valence-electron chi connectivity index (χ1n) is 7.31. The molecule has 6 nitrogen and oxygen atoms in total. The summed E-state index contributed by atoms with van der Waals surface area (Å²) in [4.78, 5) is 24.7. The van der Waals surface area contributed by atoms with Crippen LogP contribution < -0.4 is 10.6 Å². The summed E-state index contributed by atoms with van der Waals surface area (Å²) in [6.45, 7) is 6.24. The van der Waals surface area contributed by atoms with Crippen molar-refractivity contribution in [3.63, 3.8) is 0 Å². The lowest BCUT2D eigenvalue weighted by atomic mass is 10.2. The number of carbonyl (C=O) groups is 1. The second kappa shape index (κ2) is 7.49. The van der Waals surface area contributed by atoms with Crippen LogP contribution in [0, 0.1) is 13.8 Å². The maximum Gasteiger partial charge on any atom is 0.223 e. The first-order valence-corrected chi connectivity index (χ1v) is 7.31.